The molecule has 0 saturated carbocycles. The molecule has 2 aromatic heterocycles. The molecule has 1 fully saturated rings. The second kappa shape index (κ2) is 6.57. The third kappa shape index (κ3) is 3.54. The Morgan fingerprint density at radius 1 is 1.22 bits per heavy atom. The van der Waals surface area contributed by atoms with Crippen molar-refractivity contribution < 1.29 is 23.2 Å². The molecular weight excluding hydrogens is 320 g/mol. The average Bonchev–Trinajstić information content (AvgIpc) is 3.25. The SMILES string of the molecule is O=C(CN1C(=O)S/C(=C\c2ccco2)C1=O)NCc1ccco1. The highest BCUT2D eigenvalue weighted by atomic mass is 32.2. The Bertz CT molecular complexity index is 749. The number of nitrogens with zero attached hydrogens (tertiary/aromatic N) is 1. The fourth-order valence-electron chi connectivity index (χ4n) is 1.94. The van der Waals surface area contributed by atoms with E-state index < -0.39 is 17.1 Å². The van der Waals surface area contributed by atoms with Crippen LogP contribution in [0.25, 0.3) is 6.08 Å². The number of imide groups is 1. The molecule has 7 nitrogen and oxygen atoms in total. The number of thioether (sulfide) groups is 1. The summed E-state index contributed by atoms with van der Waals surface area (Å²) >= 11 is 0.778. The molecule has 0 radical (unpaired) electrons. The van der Waals surface area contributed by atoms with Gasteiger partial charge in [-0.05, 0) is 36.0 Å². The van der Waals surface area contributed by atoms with E-state index in [0.29, 0.717) is 11.5 Å². The number of furan rings is 2. The molecule has 2 aromatic rings. The molecule has 23 heavy (non-hydrogen) atoms. The van der Waals surface area contributed by atoms with E-state index in [-0.39, 0.29) is 18.0 Å². The first-order valence-electron chi connectivity index (χ1n) is 6.71. The lowest BCUT2D eigenvalue weighted by molar-refractivity contribution is -0.129. The summed E-state index contributed by atoms with van der Waals surface area (Å²) < 4.78 is 10.2. The van der Waals surface area contributed by atoms with E-state index >= 15 is 0 Å². The van der Waals surface area contributed by atoms with E-state index in [1.807, 2.05) is 0 Å². The molecule has 1 saturated heterocycles. The maximum Gasteiger partial charge on any atom is 0.294 e. The van der Waals surface area contributed by atoms with Crippen molar-refractivity contribution in [3.63, 3.8) is 0 Å². The molecule has 1 aliphatic rings. The first kappa shape index (κ1) is 15.2. The summed E-state index contributed by atoms with van der Waals surface area (Å²) in [6, 6.07) is 6.77. The van der Waals surface area contributed by atoms with Gasteiger partial charge in [0.25, 0.3) is 11.1 Å². The molecule has 3 heterocycles. The summed E-state index contributed by atoms with van der Waals surface area (Å²) in [6.07, 6.45) is 4.45. The summed E-state index contributed by atoms with van der Waals surface area (Å²) in [5, 5.41) is 2.10. The lowest BCUT2D eigenvalue weighted by Crippen LogP contribution is -2.39. The first-order chi connectivity index (χ1) is 11.1. The van der Waals surface area contributed by atoms with Crippen molar-refractivity contribution in [2.75, 3.05) is 6.54 Å². The van der Waals surface area contributed by atoms with Gasteiger partial charge in [0.15, 0.2) is 0 Å². The van der Waals surface area contributed by atoms with Crippen LogP contribution in [0, 0.1) is 0 Å². The van der Waals surface area contributed by atoms with Gasteiger partial charge in [0.05, 0.1) is 24.0 Å². The Labute approximate surface area is 135 Å². The minimum atomic E-state index is -0.510. The van der Waals surface area contributed by atoms with Crippen molar-refractivity contribution >= 4 is 34.9 Å². The van der Waals surface area contributed by atoms with Crippen LogP contribution < -0.4 is 5.32 Å². The van der Waals surface area contributed by atoms with E-state index in [1.54, 1.807) is 24.3 Å². The van der Waals surface area contributed by atoms with Crippen LogP contribution in [-0.2, 0) is 16.1 Å². The zero-order chi connectivity index (χ0) is 16.2. The summed E-state index contributed by atoms with van der Waals surface area (Å²) in [5.74, 6) is 0.107. The molecular formula is C15H12N2O5S. The van der Waals surface area contributed by atoms with Crippen molar-refractivity contribution in [3.05, 3.63) is 53.2 Å². The van der Waals surface area contributed by atoms with Gasteiger partial charge in [-0.2, -0.15) is 0 Å². The van der Waals surface area contributed by atoms with E-state index in [1.165, 1.54) is 18.6 Å². The highest BCUT2D eigenvalue weighted by Crippen LogP contribution is 2.31. The van der Waals surface area contributed by atoms with Crippen molar-refractivity contribution in [1.82, 2.24) is 10.2 Å². The van der Waals surface area contributed by atoms with Gasteiger partial charge in [0, 0.05) is 6.08 Å². The van der Waals surface area contributed by atoms with E-state index in [2.05, 4.69) is 5.32 Å². The van der Waals surface area contributed by atoms with Crippen LogP contribution in [0.1, 0.15) is 11.5 Å². The summed E-state index contributed by atoms with van der Waals surface area (Å²) in [4.78, 5) is 37.1. The topological polar surface area (TPSA) is 92.8 Å². The quantitative estimate of drug-likeness (QED) is 0.844. The molecule has 1 N–H and O–H groups in total. The van der Waals surface area contributed by atoms with Crippen molar-refractivity contribution in [2.24, 2.45) is 0 Å². The number of carbonyl (C=O) groups is 3. The number of amides is 3. The highest BCUT2D eigenvalue weighted by molar-refractivity contribution is 8.18. The predicted molar refractivity (Wildman–Crippen MR) is 81.9 cm³/mol. The third-order valence-electron chi connectivity index (χ3n) is 3.03. The Kier molecular flexibility index (Phi) is 4.33. The van der Waals surface area contributed by atoms with Crippen molar-refractivity contribution in [1.29, 1.82) is 0 Å². The van der Waals surface area contributed by atoms with Crippen LogP contribution >= 0.6 is 11.8 Å². The van der Waals surface area contributed by atoms with Crippen molar-refractivity contribution in [2.45, 2.75) is 6.54 Å². The number of hydrogen-bond acceptors (Lipinski definition) is 6. The molecule has 0 unspecified atom stereocenters. The van der Waals surface area contributed by atoms with Gasteiger partial charge < -0.3 is 14.2 Å². The molecule has 8 heteroatoms. The van der Waals surface area contributed by atoms with Gasteiger partial charge in [-0.1, -0.05) is 0 Å². The van der Waals surface area contributed by atoms with Gasteiger partial charge >= 0.3 is 0 Å². The molecule has 3 amide bonds. The van der Waals surface area contributed by atoms with Gasteiger partial charge in [-0.3, -0.25) is 19.3 Å². The van der Waals surface area contributed by atoms with Gasteiger partial charge in [0.2, 0.25) is 5.91 Å². The zero-order valence-corrected chi connectivity index (χ0v) is 12.7. The Morgan fingerprint density at radius 3 is 2.70 bits per heavy atom. The Morgan fingerprint density at radius 2 is 2.00 bits per heavy atom. The standard InChI is InChI=1S/C15H12N2O5S/c18-13(16-8-11-4-2-6-22-11)9-17-14(19)12(23-15(17)20)7-10-3-1-5-21-10/h1-7H,8-9H2,(H,16,18)/b12-7-. The lowest BCUT2D eigenvalue weighted by Gasteiger charge is -2.11. The smallest absolute Gasteiger partial charge is 0.294 e. The Hall–Kier alpha value is -2.74. The molecule has 0 aromatic carbocycles. The molecule has 3 rings (SSSR count). The second-order valence-corrected chi connectivity index (χ2v) is 5.63. The van der Waals surface area contributed by atoms with Crippen LogP contribution in [0.3, 0.4) is 0 Å². The number of rotatable bonds is 5. The normalized spacial score (nSPS) is 16.3. The molecule has 1 aliphatic heterocycles. The van der Waals surface area contributed by atoms with E-state index in [0.717, 1.165) is 16.7 Å². The van der Waals surface area contributed by atoms with Gasteiger partial charge in [0.1, 0.15) is 18.1 Å². The fraction of sp³-hybridized carbons (Fsp3) is 0.133. The molecule has 118 valence electrons. The summed E-state index contributed by atoms with van der Waals surface area (Å²) in [6.45, 7) is -0.134. The number of carbonyl (C=O) groups excluding carboxylic acids is 3. The third-order valence-corrected chi connectivity index (χ3v) is 3.94. The lowest BCUT2D eigenvalue weighted by atomic mass is 10.3. The van der Waals surface area contributed by atoms with Gasteiger partial charge in [-0.15, -0.1) is 0 Å². The van der Waals surface area contributed by atoms with Gasteiger partial charge in [-0.25, -0.2) is 0 Å². The van der Waals surface area contributed by atoms with Crippen LogP contribution in [0.5, 0.6) is 0 Å². The molecule has 0 aliphatic carbocycles. The largest absolute Gasteiger partial charge is 0.467 e. The van der Waals surface area contributed by atoms with Crippen LogP contribution in [0.4, 0.5) is 4.79 Å². The highest BCUT2D eigenvalue weighted by Gasteiger charge is 2.36. The minimum Gasteiger partial charge on any atom is -0.467 e. The first-order valence-corrected chi connectivity index (χ1v) is 7.53. The Balaban J connectivity index is 1.60. The van der Waals surface area contributed by atoms with Crippen LogP contribution in [0.15, 0.2) is 50.5 Å². The number of hydrogen-bond donors (Lipinski definition) is 1. The monoisotopic (exact) mass is 332 g/mol. The maximum atomic E-state index is 12.2. The fourth-order valence-corrected chi connectivity index (χ4v) is 2.76. The summed E-state index contributed by atoms with van der Waals surface area (Å²) in [5.41, 5.74) is 0. The summed E-state index contributed by atoms with van der Waals surface area (Å²) in [7, 11) is 0. The van der Waals surface area contributed by atoms with E-state index in [4.69, 9.17) is 8.83 Å². The van der Waals surface area contributed by atoms with Crippen LogP contribution in [0.2, 0.25) is 0 Å². The second-order valence-electron chi connectivity index (χ2n) is 4.64. The molecule has 0 spiro atoms. The minimum absolute atomic E-state index is 0.199. The molecule has 0 bridgehead atoms. The van der Waals surface area contributed by atoms with Crippen molar-refractivity contribution in [3.8, 4) is 0 Å². The maximum absolute atomic E-state index is 12.2. The van der Waals surface area contributed by atoms with Crippen LogP contribution in [-0.4, -0.2) is 28.5 Å². The molecule has 0 atom stereocenters. The predicted octanol–water partition coefficient (Wildman–Crippen LogP) is 2.23. The number of nitrogens with one attached hydrogen (secondary N) is 1. The zero-order valence-electron chi connectivity index (χ0n) is 11.9. The average molecular weight is 332 g/mol. The van der Waals surface area contributed by atoms with E-state index in [9.17, 15) is 14.4 Å².